The van der Waals surface area contributed by atoms with Gasteiger partial charge in [-0.05, 0) is 38.5 Å². The molecule has 0 radical (unpaired) electrons. The number of carbonyl (C=O) groups excluding carboxylic acids is 1. The average molecular weight is 231 g/mol. The van der Waals surface area contributed by atoms with Crippen LogP contribution in [0, 0.1) is 12.7 Å². The molecule has 0 amide bonds. The molecule has 0 unspecified atom stereocenters. The molecule has 1 N–H and O–H groups in total. The van der Waals surface area contributed by atoms with Crippen molar-refractivity contribution in [2.45, 2.75) is 26.4 Å². The predicted octanol–water partition coefficient (Wildman–Crippen LogP) is 2.74. The smallest absolute Gasteiger partial charge is 0.195 e. The van der Waals surface area contributed by atoms with E-state index < -0.39 is 17.2 Å². The second-order valence-corrected chi connectivity index (χ2v) is 4.38. The first-order chi connectivity index (χ1) is 6.73. The Morgan fingerprint density at radius 3 is 2.47 bits per heavy atom. The van der Waals surface area contributed by atoms with Crippen LogP contribution in [-0.2, 0) is 0 Å². The van der Waals surface area contributed by atoms with E-state index in [1.54, 1.807) is 6.92 Å². The lowest BCUT2D eigenvalue weighted by Gasteiger charge is -2.16. The van der Waals surface area contributed by atoms with Crippen LogP contribution in [-0.4, -0.2) is 16.5 Å². The fourth-order valence-corrected chi connectivity index (χ4v) is 1.45. The van der Waals surface area contributed by atoms with E-state index in [2.05, 4.69) is 0 Å². The van der Waals surface area contributed by atoms with E-state index in [-0.39, 0.29) is 10.6 Å². The summed E-state index contributed by atoms with van der Waals surface area (Å²) in [4.78, 5) is 11.6. The second-order valence-electron chi connectivity index (χ2n) is 3.97. The molecule has 15 heavy (non-hydrogen) atoms. The van der Waals surface area contributed by atoms with Gasteiger partial charge in [0.1, 0.15) is 11.4 Å². The van der Waals surface area contributed by atoms with Crippen LogP contribution in [0.3, 0.4) is 0 Å². The van der Waals surface area contributed by atoms with Gasteiger partial charge in [0.25, 0.3) is 0 Å². The van der Waals surface area contributed by atoms with Crippen molar-refractivity contribution in [3.63, 3.8) is 0 Å². The molecule has 0 heterocycles. The molecule has 0 aliphatic heterocycles. The van der Waals surface area contributed by atoms with E-state index in [0.717, 1.165) is 6.07 Å². The van der Waals surface area contributed by atoms with Crippen molar-refractivity contribution in [2.75, 3.05) is 0 Å². The van der Waals surface area contributed by atoms with Gasteiger partial charge in [0.15, 0.2) is 5.78 Å². The number of benzene rings is 1. The van der Waals surface area contributed by atoms with Crippen LogP contribution in [0.15, 0.2) is 12.1 Å². The molecule has 0 saturated carbocycles. The molecule has 1 aromatic carbocycles. The van der Waals surface area contributed by atoms with Crippen molar-refractivity contribution in [3.8, 4) is 0 Å². The highest BCUT2D eigenvalue weighted by atomic mass is 35.5. The minimum absolute atomic E-state index is 0.00673. The molecule has 0 bridgehead atoms. The van der Waals surface area contributed by atoms with E-state index in [1.165, 1.54) is 19.9 Å². The summed E-state index contributed by atoms with van der Waals surface area (Å²) in [7, 11) is 0. The number of halogens is 2. The Balaban J connectivity index is 3.28. The summed E-state index contributed by atoms with van der Waals surface area (Å²) in [5, 5.41) is 9.65. The summed E-state index contributed by atoms with van der Waals surface area (Å²) in [6.45, 7) is 4.23. The van der Waals surface area contributed by atoms with Gasteiger partial charge < -0.3 is 5.11 Å². The summed E-state index contributed by atoms with van der Waals surface area (Å²) in [5.74, 6) is -1.10. The summed E-state index contributed by atoms with van der Waals surface area (Å²) < 4.78 is 13.2. The van der Waals surface area contributed by atoms with Gasteiger partial charge in [0.05, 0.1) is 5.02 Å². The van der Waals surface area contributed by atoms with E-state index in [4.69, 9.17) is 11.6 Å². The quantitative estimate of drug-likeness (QED) is 0.794. The maximum atomic E-state index is 13.2. The first-order valence-corrected chi connectivity index (χ1v) is 4.84. The molecular formula is C11H12ClFO2. The van der Waals surface area contributed by atoms with E-state index >= 15 is 0 Å². The topological polar surface area (TPSA) is 37.3 Å². The molecule has 82 valence electrons. The summed E-state index contributed by atoms with van der Waals surface area (Å²) in [6.07, 6.45) is 0. The van der Waals surface area contributed by atoms with Crippen molar-refractivity contribution < 1.29 is 14.3 Å². The van der Waals surface area contributed by atoms with Gasteiger partial charge in [0, 0.05) is 5.56 Å². The van der Waals surface area contributed by atoms with Gasteiger partial charge in [-0.3, -0.25) is 4.79 Å². The Morgan fingerprint density at radius 1 is 1.47 bits per heavy atom. The number of aliphatic hydroxyl groups is 1. The molecule has 0 fully saturated rings. The molecule has 0 aliphatic carbocycles. The Morgan fingerprint density at radius 2 is 2.00 bits per heavy atom. The van der Waals surface area contributed by atoms with Crippen LogP contribution < -0.4 is 0 Å². The fraction of sp³-hybridized carbons (Fsp3) is 0.364. The average Bonchev–Trinajstić information content (AvgIpc) is 2.08. The van der Waals surface area contributed by atoms with E-state index in [9.17, 15) is 14.3 Å². The van der Waals surface area contributed by atoms with Gasteiger partial charge in [-0.15, -0.1) is 0 Å². The maximum absolute atomic E-state index is 13.2. The van der Waals surface area contributed by atoms with Crippen molar-refractivity contribution >= 4 is 17.4 Å². The number of hydrogen-bond donors (Lipinski definition) is 1. The Hall–Kier alpha value is -0.930. The Bertz CT molecular complexity index is 408. The zero-order valence-electron chi connectivity index (χ0n) is 8.77. The molecule has 0 spiro atoms. The summed E-state index contributed by atoms with van der Waals surface area (Å²) >= 11 is 5.80. The van der Waals surface area contributed by atoms with Crippen molar-refractivity contribution in [2.24, 2.45) is 0 Å². The van der Waals surface area contributed by atoms with Gasteiger partial charge in [-0.2, -0.15) is 0 Å². The summed E-state index contributed by atoms with van der Waals surface area (Å²) in [6, 6.07) is 2.42. The first kappa shape index (κ1) is 12.1. The standard InChI is InChI=1S/C11H12ClFO2/c1-6-4-8(12)7(5-9(6)13)10(14)11(2,3)15/h4-5,15H,1-3H3. The van der Waals surface area contributed by atoms with Crippen molar-refractivity contribution in [1.82, 2.24) is 0 Å². The molecule has 1 aromatic rings. The van der Waals surface area contributed by atoms with Gasteiger partial charge in [-0.25, -0.2) is 4.39 Å². The fourth-order valence-electron chi connectivity index (χ4n) is 1.15. The number of Topliss-reactive ketones (excluding diaryl/α,β-unsaturated/α-hetero) is 1. The SMILES string of the molecule is Cc1cc(Cl)c(C(=O)C(C)(C)O)cc1F. The van der Waals surface area contributed by atoms with E-state index in [1.807, 2.05) is 0 Å². The third kappa shape index (κ3) is 2.55. The second kappa shape index (κ2) is 3.91. The van der Waals surface area contributed by atoms with Crippen LogP contribution in [0.4, 0.5) is 4.39 Å². The monoisotopic (exact) mass is 230 g/mol. The first-order valence-electron chi connectivity index (χ1n) is 4.46. The highest BCUT2D eigenvalue weighted by Gasteiger charge is 2.27. The van der Waals surface area contributed by atoms with Crippen LogP contribution in [0.1, 0.15) is 29.8 Å². The molecule has 0 atom stereocenters. The highest BCUT2D eigenvalue weighted by Crippen LogP contribution is 2.24. The van der Waals surface area contributed by atoms with E-state index in [0.29, 0.717) is 5.56 Å². The van der Waals surface area contributed by atoms with Gasteiger partial charge >= 0.3 is 0 Å². The largest absolute Gasteiger partial charge is 0.382 e. The Kier molecular flexibility index (Phi) is 3.16. The lowest BCUT2D eigenvalue weighted by Crippen LogP contribution is -2.31. The molecule has 4 heteroatoms. The van der Waals surface area contributed by atoms with Gasteiger partial charge in [-0.1, -0.05) is 11.6 Å². The molecule has 0 aromatic heterocycles. The summed E-state index contributed by atoms with van der Waals surface area (Å²) in [5.41, 5.74) is -1.18. The lowest BCUT2D eigenvalue weighted by atomic mass is 9.96. The minimum atomic E-state index is -1.55. The molecule has 0 aliphatic rings. The molecule has 0 saturated heterocycles. The zero-order chi connectivity index (χ0) is 11.8. The van der Waals surface area contributed by atoms with Crippen molar-refractivity contribution in [3.05, 3.63) is 34.1 Å². The highest BCUT2D eigenvalue weighted by molar-refractivity contribution is 6.34. The minimum Gasteiger partial charge on any atom is -0.382 e. The number of hydrogen-bond acceptors (Lipinski definition) is 2. The van der Waals surface area contributed by atoms with Crippen LogP contribution in [0.25, 0.3) is 0 Å². The lowest BCUT2D eigenvalue weighted by molar-refractivity contribution is 0.0487. The number of aryl methyl sites for hydroxylation is 1. The number of carbonyl (C=O) groups is 1. The number of rotatable bonds is 2. The predicted molar refractivity (Wildman–Crippen MR) is 56.8 cm³/mol. The third-order valence-corrected chi connectivity index (χ3v) is 2.36. The normalized spacial score (nSPS) is 11.6. The molecular weight excluding hydrogens is 219 g/mol. The van der Waals surface area contributed by atoms with Crippen molar-refractivity contribution in [1.29, 1.82) is 0 Å². The molecule has 1 rings (SSSR count). The van der Waals surface area contributed by atoms with Gasteiger partial charge in [0.2, 0.25) is 0 Å². The van der Waals surface area contributed by atoms with Crippen LogP contribution in [0.5, 0.6) is 0 Å². The number of ketones is 1. The van der Waals surface area contributed by atoms with Crippen LogP contribution in [0.2, 0.25) is 5.02 Å². The third-order valence-electron chi connectivity index (χ3n) is 2.05. The van der Waals surface area contributed by atoms with Crippen LogP contribution >= 0.6 is 11.6 Å². The molecule has 2 nitrogen and oxygen atoms in total. The Labute approximate surface area is 92.7 Å². The zero-order valence-corrected chi connectivity index (χ0v) is 9.52. The maximum Gasteiger partial charge on any atom is 0.195 e.